The molecule has 8 heteroatoms. The van der Waals surface area contributed by atoms with Gasteiger partial charge in [0.25, 0.3) is 0 Å². The number of carbonyl (C=O) groups excluding carboxylic acids is 2. The number of esters is 1. The van der Waals surface area contributed by atoms with Gasteiger partial charge >= 0.3 is 5.97 Å². The van der Waals surface area contributed by atoms with Gasteiger partial charge in [-0.2, -0.15) is 0 Å². The topological polar surface area (TPSA) is 72.6 Å². The molecule has 3 aromatic rings. The third kappa shape index (κ3) is 4.20. The Balaban J connectivity index is 1.82. The number of amides is 1. The summed E-state index contributed by atoms with van der Waals surface area (Å²) in [4.78, 5) is 30.0. The van der Waals surface area contributed by atoms with E-state index in [9.17, 15) is 9.59 Å². The number of aryl methyl sites for hydroxylation is 2. The second-order valence-electron chi connectivity index (χ2n) is 5.94. The molecule has 1 aromatic carbocycles. The van der Waals surface area contributed by atoms with Crippen molar-refractivity contribution in [2.75, 3.05) is 4.90 Å². The van der Waals surface area contributed by atoms with Crippen molar-refractivity contribution < 1.29 is 18.7 Å². The van der Waals surface area contributed by atoms with Crippen LogP contribution in [0.25, 0.3) is 0 Å². The first-order chi connectivity index (χ1) is 12.9. The van der Waals surface area contributed by atoms with Crippen molar-refractivity contribution >= 4 is 45.6 Å². The number of ether oxygens (including phenoxy) is 1. The Hall–Kier alpha value is -2.64. The normalized spacial score (nSPS) is 10.7. The van der Waals surface area contributed by atoms with E-state index in [1.807, 2.05) is 19.9 Å². The monoisotopic (exact) mass is 404 g/mol. The van der Waals surface area contributed by atoms with Crippen LogP contribution >= 0.6 is 22.9 Å². The average Bonchev–Trinajstić information content (AvgIpc) is 3.27. The summed E-state index contributed by atoms with van der Waals surface area (Å²) in [5, 5.41) is 2.67. The lowest BCUT2D eigenvalue weighted by atomic mass is 10.1. The van der Waals surface area contributed by atoms with Crippen molar-refractivity contribution in [2.24, 2.45) is 0 Å². The number of carbonyl (C=O) groups is 2. The Bertz CT molecular complexity index is 959. The van der Waals surface area contributed by atoms with Gasteiger partial charge in [-0.25, -0.2) is 9.78 Å². The van der Waals surface area contributed by atoms with E-state index < -0.39 is 5.97 Å². The highest BCUT2D eigenvalue weighted by atomic mass is 35.5. The quantitative estimate of drug-likeness (QED) is 0.556. The number of benzene rings is 1. The van der Waals surface area contributed by atoms with Crippen LogP contribution in [0.3, 0.4) is 0 Å². The fourth-order valence-electron chi connectivity index (χ4n) is 2.65. The molecular formula is C19H17ClN2O4S. The lowest BCUT2D eigenvalue weighted by Gasteiger charge is -2.22. The summed E-state index contributed by atoms with van der Waals surface area (Å²) >= 11 is 7.67. The molecule has 0 aliphatic rings. The number of hydrogen-bond acceptors (Lipinski definition) is 6. The van der Waals surface area contributed by atoms with Crippen molar-refractivity contribution in [2.45, 2.75) is 27.4 Å². The van der Waals surface area contributed by atoms with Crippen LogP contribution in [0.15, 0.2) is 40.3 Å². The third-order valence-corrected chi connectivity index (χ3v) is 4.90. The van der Waals surface area contributed by atoms with Gasteiger partial charge in [0.2, 0.25) is 11.7 Å². The smallest absolute Gasteiger partial charge is 0.374 e. The number of halogens is 1. The van der Waals surface area contributed by atoms with Gasteiger partial charge in [-0.3, -0.25) is 9.69 Å². The summed E-state index contributed by atoms with van der Waals surface area (Å²) < 4.78 is 10.2. The number of thiazole rings is 1. The Morgan fingerprint density at radius 2 is 2.11 bits per heavy atom. The molecule has 1 amide bonds. The summed E-state index contributed by atoms with van der Waals surface area (Å²) in [6, 6.07) is 6.89. The third-order valence-electron chi connectivity index (χ3n) is 3.74. The van der Waals surface area contributed by atoms with E-state index in [0.29, 0.717) is 21.5 Å². The van der Waals surface area contributed by atoms with Gasteiger partial charge in [-0.15, -0.1) is 11.3 Å². The number of furan rings is 1. The van der Waals surface area contributed by atoms with Crippen LogP contribution < -0.4 is 4.90 Å². The second-order valence-corrected chi connectivity index (χ2v) is 7.19. The molecule has 2 aromatic heterocycles. The highest BCUT2D eigenvalue weighted by Gasteiger charge is 2.23. The molecule has 2 heterocycles. The highest BCUT2D eigenvalue weighted by Crippen LogP contribution is 2.37. The first kappa shape index (κ1) is 19.1. The van der Waals surface area contributed by atoms with Crippen molar-refractivity contribution in [1.82, 2.24) is 4.98 Å². The molecule has 0 unspecified atom stereocenters. The lowest BCUT2D eigenvalue weighted by molar-refractivity contribution is -0.115. The molecule has 27 heavy (non-hydrogen) atoms. The zero-order chi connectivity index (χ0) is 19.6. The lowest BCUT2D eigenvalue weighted by Crippen LogP contribution is -2.24. The zero-order valence-electron chi connectivity index (χ0n) is 15.0. The molecule has 140 valence electrons. The molecule has 0 bridgehead atoms. The van der Waals surface area contributed by atoms with Gasteiger partial charge in [0.05, 0.1) is 22.7 Å². The molecule has 0 saturated carbocycles. The largest absolute Gasteiger partial charge is 0.457 e. The summed E-state index contributed by atoms with van der Waals surface area (Å²) in [6.07, 6.45) is 1.40. The SMILES string of the molecule is CC(=O)N(c1nc(COC(=O)c2ccco2)cs1)c1c(C)cc(C)cc1Cl. The molecule has 0 spiro atoms. The summed E-state index contributed by atoms with van der Waals surface area (Å²) in [7, 11) is 0. The Morgan fingerprint density at radius 3 is 2.74 bits per heavy atom. The number of nitrogens with zero attached hydrogens (tertiary/aromatic N) is 2. The molecule has 0 atom stereocenters. The van der Waals surface area contributed by atoms with Crippen LogP contribution in [-0.2, 0) is 16.1 Å². The fourth-order valence-corrected chi connectivity index (χ4v) is 3.91. The Kier molecular flexibility index (Phi) is 5.62. The van der Waals surface area contributed by atoms with Crippen LogP contribution in [0.1, 0.15) is 34.3 Å². The minimum atomic E-state index is -0.574. The molecule has 0 aliphatic heterocycles. The molecule has 0 radical (unpaired) electrons. The minimum Gasteiger partial charge on any atom is -0.457 e. The van der Waals surface area contributed by atoms with Gasteiger partial charge < -0.3 is 9.15 Å². The van der Waals surface area contributed by atoms with E-state index in [1.165, 1.54) is 35.5 Å². The van der Waals surface area contributed by atoms with Crippen molar-refractivity contribution in [3.8, 4) is 0 Å². The van der Waals surface area contributed by atoms with Gasteiger partial charge in [0, 0.05) is 12.3 Å². The maximum Gasteiger partial charge on any atom is 0.374 e. The minimum absolute atomic E-state index is 0.0254. The summed E-state index contributed by atoms with van der Waals surface area (Å²) in [6.45, 7) is 5.26. The van der Waals surface area contributed by atoms with Gasteiger partial charge in [-0.05, 0) is 43.2 Å². The molecular weight excluding hydrogens is 388 g/mol. The van der Waals surface area contributed by atoms with Crippen LogP contribution in [0.5, 0.6) is 0 Å². The zero-order valence-corrected chi connectivity index (χ0v) is 16.6. The van der Waals surface area contributed by atoms with E-state index in [-0.39, 0.29) is 18.3 Å². The molecule has 6 nitrogen and oxygen atoms in total. The van der Waals surface area contributed by atoms with Crippen molar-refractivity contribution in [1.29, 1.82) is 0 Å². The standard InChI is InChI=1S/C19H17ClN2O4S/c1-11-7-12(2)17(15(20)8-11)22(13(3)23)19-21-14(10-27-19)9-26-18(24)16-5-4-6-25-16/h4-8,10H,9H2,1-3H3. The predicted molar refractivity (Wildman–Crippen MR) is 104 cm³/mol. The van der Waals surface area contributed by atoms with E-state index in [2.05, 4.69) is 4.98 Å². The number of rotatable bonds is 5. The summed E-state index contributed by atoms with van der Waals surface area (Å²) in [5.74, 6) is -0.661. The van der Waals surface area contributed by atoms with E-state index in [0.717, 1.165) is 11.1 Å². The van der Waals surface area contributed by atoms with Crippen LogP contribution in [0.4, 0.5) is 10.8 Å². The number of hydrogen-bond donors (Lipinski definition) is 0. The van der Waals surface area contributed by atoms with Gasteiger partial charge in [-0.1, -0.05) is 17.7 Å². The summed E-state index contributed by atoms with van der Waals surface area (Å²) in [5.41, 5.74) is 3.01. The second kappa shape index (κ2) is 7.94. The van der Waals surface area contributed by atoms with Gasteiger partial charge in [0.1, 0.15) is 6.61 Å². The van der Waals surface area contributed by atoms with Crippen LogP contribution in [-0.4, -0.2) is 16.9 Å². The molecule has 0 fully saturated rings. The number of anilines is 2. The fraction of sp³-hybridized carbons (Fsp3) is 0.211. The Labute approximate surface area is 165 Å². The molecule has 0 saturated heterocycles. The van der Waals surface area contributed by atoms with E-state index >= 15 is 0 Å². The van der Waals surface area contributed by atoms with Crippen LogP contribution in [0, 0.1) is 13.8 Å². The number of aromatic nitrogens is 1. The highest BCUT2D eigenvalue weighted by molar-refractivity contribution is 7.14. The van der Waals surface area contributed by atoms with Crippen molar-refractivity contribution in [3.63, 3.8) is 0 Å². The first-order valence-corrected chi connectivity index (χ1v) is 9.35. The van der Waals surface area contributed by atoms with E-state index in [1.54, 1.807) is 17.5 Å². The Morgan fingerprint density at radius 1 is 1.33 bits per heavy atom. The van der Waals surface area contributed by atoms with Crippen LogP contribution in [0.2, 0.25) is 5.02 Å². The predicted octanol–water partition coefficient (Wildman–Crippen LogP) is 5.05. The first-order valence-electron chi connectivity index (χ1n) is 8.09. The van der Waals surface area contributed by atoms with E-state index in [4.69, 9.17) is 20.8 Å². The maximum atomic E-state index is 12.3. The molecule has 0 N–H and O–H groups in total. The average molecular weight is 405 g/mol. The van der Waals surface area contributed by atoms with Gasteiger partial charge in [0.15, 0.2) is 5.13 Å². The van der Waals surface area contributed by atoms with Crippen molar-refractivity contribution in [3.05, 3.63) is 63.5 Å². The maximum absolute atomic E-state index is 12.3. The molecule has 3 rings (SSSR count). The molecule has 0 aliphatic carbocycles.